The molecule has 2 aromatic rings. The van der Waals surface area contributed by atoms with Gasteiger partial charge in [-0.15, -0.1) is 0 Å². The van der Waals surface area contributed by atoms with Crippen LogP contribution in [0.25, 0.3) is 11.3 Å². The molecule has 0 N–H and O–H groups in total. The Labute approximate surface area is 103 Å². The van der Waals surface area contributed by atoms with Gasteiger partial charge in [-0.2, -0.15) is 5.10 Å². The molecule has 0 atom stereocenters. The fourth-order valence-corrected chi connectivity index (χ4v) is 1.87. The summed E-state index contributed by atoms with van der Waals surface area (Å²) in [5.74, 6) is 0. The summed E-state index contributed by atoms with van der Waals surface area (Å²) in [7, 11) is 1.96. The second kappa shape index (κ2) is 3.99. The van der Waals surface area contributed by atoms with E-state index >= 15 is 0 Å². The van der Waals surface area contributed by atoms with Crippen molar-refractivity contribution in [1.29, 1.82) is 0 Å². The highest BCUT2D eigenvalue weighted by Gasteiger charge is 2.15. The first-order valence-corrected chi connectivity index (χ1v) is 5.85. The third kappa shape index (κ3) is 2.38. The largest absolute Gasteiger partial charge is 0.268 e. The van der Waals surface area contributed by atoms with Crippen LogP contribution in [0.1, 0.15) is 32.2 Å². The van der Waals surface area contributed by atoms with Crippen molar-refractivity contribution in [3.05, 3.63) is 35.8 Å². The molecule has 3 heteroatoms. The number of nitrogens with zero attached hydrogens (tertiary/aromatic N) is 3. The van der Waals surface area contributed by atoms with E-state index in [1.165, 1.54) is 0 Å². The van der Waals surface area contributed by atoms with Crippen LogP contribution in [0.2, 0.25) is 0 Å². The van der Waals surface area contributed by atoms with Gasteiger partial charge in [0, 0.05) is 29.9 Å². The second-order valence-corrected chi connectivity index (χ2v) is 5.48. The quantitative estimate of drug-likeness (QED) is 0.752. The van der Waals surface area contributed by atoms with Gasteiger partial charge in [0.05, 0.1) is 11.4 Å². The summed E-state index contributed by atoms with van der Waals surface area (Å²) >= 11 is 0. The molecule has 2 heterocycles. The first-order valence-electron chi connectivity index (χ1n) is 5.85. The SMILES string of the molecule is Cc1cc(-c2ccc(C(C)(C)C)nc2)n(C)n1. The van der Waals surface area contributed by atoms with Crippen LogP contribution >= 0.6 is 0 Å². The molecule has 0 aromatic carbocycles. The molecule has 0 aliphatic rings. The topological polar surface area (TPSA) is 30.7 Å². The maximum atomic E-state index is 4.54. The Kier molecular flexibility index (Phi) is 2.77. The second-order valence-electron chi connectivity index (χ2n) is 5.48. The molecule has 0 radical (unpaired) electrons. The zero-order valence-corrected chi connectivity index (χ0v) is 11.2. The fraction of sp³-hybridized carbons (Fsp3) is 0.429. The molecule has 0 aliphatic carbocycles. The maximum Gasteiger partial charge on any atom is 0.0697 e. The zero-order chi connectivity index (χ0) is 12.6. The third-order valence-electron chi connectivity index (χ3n) is 2.83. The molecule has 0 saturated heterocycles. The Morgan fingerprint density at radius 3 is 2.29 bits per heavy atom. The van der Waals surface area contributed by atoms with Gasteiger partial charge in [-0.05, 0) is 25.1 Å². The monoisotopic (exact) mass is 229 g/mol. The molecule has 0 amide bonds. The molecule has 0 saturated carbocycles. The molecule has 0 aliphatic heterocycles. The first-order chi connectivity index (χ1) is 7.88. The number of hydrogen-bond acceptors (Lipinski definition) is 2. The molecule has 3 nitrogen and oxygen atoms in total. The van der Waals surface area contributed by atoms with Crippen molar-refractivity contribution in [2.75, 3.05) is 0 Å². The lowest BCUT2D eigenvalue weighted by Gasteiger charge is -2.17. The molecule has 17 heavy (non-hydrogen) atoms. The summed E-state index contributed by atoms with van der Waals surface area (Å²) in [6.45, 7) is 8.51. The molecule has 90 valence electrons. The summed E-state index contributed by atoms with van der Waals surface area (Å²) in [6.07, 6.45) is 1.93. The van der Waals surface area contributed by atoms with Crippen molar-refractivity contribution >= 4 is 0 Å². The van der Waals surface area contributed by atoms with E-state index < -0.39 is 0 Å². The van der Waals surface area contributed by atoms with E-state index in [0.717, 1.165) is 22.6 Å². The van der Waals surface area contributed by atoms with Crippen molar-refractivity contribution < 1.29 is 0 Å². The summed E-state index contributed by atoms with van der Waals surface area (Å²) in [5.41, 5.74) is 4.46. The van der Waals surface area contributed by atoms with E-state index in [0.29, 0.717) is 0 Å². The van der Waals surface area contributed by atoms with Crippen LogP contribution in [0.15, 0.2) is 24.4 Å². The molecule has 0 spiro atoms. The molecular formula is C14H19N3. The summed E-state index contributed by atoms with van der Waals surface area (Å²) in [5, 5.41) is 4.35. The van der Waals surface area contributed by atoms with Crippen LogP contribution in [-0.4, -0.2) is 14.8 Å². The number of aromatic nitrogens is 3. The summed E-state index contributed by atoms with van der Waals surface area (Å²) in [6, 6.07) is 6.29. The van der Waals surface area contributed by atoms with Gasteiger partial charge < -0.3 is 0 Å². The van der Waals surface area contributed by atoms with E-state index in [2.05, 4.69) is 49.1 Å². The minimum absolute atomic E-state index is 0.0981. The van der Waals surface area contributed by atoms with E-state index in [4.69, 9.17) is 0 Å². The van der Waals surface area contributed by atoms with Crippen LogP contribution in [0, 0.1) is 6.92 Å². The van der Waals surface area contributed by atoms with E-state index in [1.807, 2.05) is 24.9 Å². The summed E-state index contributed by atoms with van der Waals surface area (Å²) < 4.78 is 1.89. The van der Waals surface area contributed by atoms with E-state index in [9.17, 15) is 0 Å². The van der Waals surface area contributed by atoms with Crippen LogP contribution in [0.3, 0.4) is 0 Å². The average molecular weight is 229 g/mol. The van der Waals surface area contributed by atoms with Crippen molar-refractivity contribution in [1.82, 2.24) is 14.8 Å². The fourth-order valence-electron chi connectivity index (χ4n) is 1.87. The Hall–Kier alpha value is -1.64. The molecule has 0 bridgehead atoms. The van der Waals surface area contributed by atoms with Crippen LogP contribution < -0.4 is 0 Å². The lowest BCUT2D eigenvalue weighted by molar-refractivity contribution is 0.569. The predicted molar refractivity (Wildman–Crippen MR) is 69.9 cm³/mol. The van der Waals surface area contributed by atoms with Gasteiger partial charge in [-0.3, -0.25) is 9.67 Å². The average Bonchev–Trinajstić information content (AvgIpc) is 2.57. The van der Waals surface area contributed by atoms with Crippen molar-refractivity contribution in [3.63, 3.8) is 0 Å². The molecule has 2 rings (SSSR count). The molecule has 0 unspecified atom stereocenters. The van der Waals surface area contributed by atoms with Gasteiger partial charge >= 0.3 is 0 Å². The van der Waals surface area contributed by atoms with Gasteiger partial charge in [0.1, 0.15) is 0 Å². The predicted octanol–water partition coefficient (Wildman–Crippen LogP) is 3.09. The van der Waals surface area contributed by atoms with Gasteiger partial charge in [-0.1, -0.05) is 20.8 Å². The number of rotatable bonds is 1. The van der Waals surface area contributed by atoms with Crippen LogP contribution in [0.5, 0.6) is 0 Å². The van der Waals surface area contributed by atoms with Crippen molar-refractivity contribution in [3.8, 4) is 11.3 Å². The Balaban J connectivity index is 2.39. The van der Waals surface area contributed by atoms with E-state index in [-0.39, 0.29) is 5.41 Å². The highest BCUT2D eigenvalue weighted by atomic mass is 15.3. The normalized spacial score (nSPS) is 11.8. The Morgan fingerprint density at radius 1 is 1.18 bits per heavy atom. The van der Waals surface area contributed by atoms with Crippen LogP contribution in [-0.2, 0) is 12.5 Å². The highest BCUT2D eigenvalue weighted by Crippen LogP contribution is 2.23. The van der Waals surface area contributed by atoms with Crippen molar-refractivity contribution in [2.24, 2.45) is 7.05 Å². The third-order valence-corrected chi connectivity index (χ3v) is 2.83. The van der Waals surface area contributed by atoms with Crippen molar-refractivity contribution in [2.45, 2.75) is 33.1 Å². The van der Waals surface area contributed by atoms with Gasteiger partial charge in [0.2, 0.25) is 0 Å². The van der Waals surface area contributed by atoms with Gasteiger partial charge in [0.15, 0.2) is 0 Å². The maximum absolute atomic E-state index is 4.54. The van der Waals surface area contributed by atoms with Gasteiger partial charge in [-0.25, -0.2) is 0 Å². The Bertz CT molecular complexity index is 515. The molecule has 0 fully saturated rings. The molecular weight excluding hydrogens is 210 g/mol. The molecule has 2 aromatic heterocycles. The number of hydrogen-bond donors (Lipinski definition) is 0. The standard InChI is InChI=1S/C14H19N3/c1-10-8-12(17(5)16-10)11-6-7-13(15-9-11)14(2,3)4/h6-9H,1-5H3. The van der Waals surface area contributed by atoms with E-state index in [1.54, 1.807) is 0 Å². The smallest absolute Gasteiger partial charge is 0.0697 e. The zero-order valence-electron chi connectivity index (χ0n) is 11.2. The Morgan fingerprint density at radius 2 is 1.88 bits per heavy atom. The minimum atomic E-state index is 0.0981. The lowest BCUT2D eigenvalue weighted by Crippen LogP contribution is -2.13. The number of aryl methyl sites for hydroxylation is 2. The van der Waals surface area contributed by atoms with Crippen LogP contribution in [0.4, 0.5) is 0 Å². The van der Waals surface area contributed by atoms with Gasteiger partial charge in [0.25, 0.3) is 0 Å². The number of pyridine rings is 1. The minimum Gasteiger partial charge on any atom is -0.268 e. The summed E-state index contributed by atoms with van der Waals surface area (Å²) in [4.78, 5) is 4.54. The first kappa shape index (κ1) is 11.8. The lowest BCUT2D eigenvalue weighted by atomic mass is 9.91. The highest BCUT2D eigenvalue weighted by molar-refractivity contribution is 5.58.